The monoisotopic (exact) mass is 226 g/mol. The third-order valence-corrected chi connectivity index (χ3v) is 3.94. The minimum absolute atomic E-state index is 0.00394. The maximum absolute atomic E-state index is 12.2. The minimum atomic E-state index is 0.00394. The van der Waals surface area contributed by atoms with Crippen LogP contribution >= 0.6 is 0 Å². The van der Waals surface area contributed by atoms with Gasteiger partial charge in [-0.3, -0.25) is 9.59 Å². The molecular formula is C15H14O2. The van der Waals surface area contributed by atoms with Gasteiger partial charge in [0.25, 0.3) is 0 Å². The third-order valence-electron chi connectivity index (χ3n) is 3.94. The second kappa shape index (κ2) is 3.66. The lowest BCUT2D eigenvalue weighted by Crippen LogP contribution is -2.31. The van der Waals surface area contributed by atoms with E-state index in [4.69, 9.17) is 0 Å². The van der Waals surface area contributed by atoms with Crippen LogP contribution in [0, 0.1) is 11.8 Å². The predicted octanol–water partition coefficient (Wildman–Crippen LogP) is 2.88. The normalized spacial score (nSPS) is 27.2. The van der Waals surface area contributed by atoms with Gasteiger partial charge < -0.3 is 0 Å². The van der Waals surface area contributed by atoms with E-state index < -0.39 is 0 Å². The third kappa shape index (κ3) is 1.47. The van der Waals surface area contributed by atoms with Crippen molar-refractivity contribution in [1.29, 1.82) is 0 Å². The summed E-state index contributed by atoms with van der Waals surface area (Å²) in [5, 5.41) is 0. The van der Waals surface area contributed by atoms with Gasteiger partial charge in [-0.2, -0.15) is 0 Å². The maximum atomic E-state index is 12.2. The van der Waals surface area contributed by atoms with Crippen molar-refractivity contribution in [3.63, 3.8) is 0 Å². The molecule has 2 nitrogen and oxygen atoms in total. The predicted molar refractivity (Wildman–Crippen MR) is 65.6 cm³/mol. The molecule has 2 atom stereocenters. The molecule has 0 radical (unpaired) electrons. The average Bonchev–Trinajstić information content (AvgIpc) is 2.36. The molecule has 0 amide bonds. The lowest BCUT2D eigenvalue weighted by molar-refractivity contribution is -0.115. The largest absolute Gasteiger partial charge is 0.295 e. The topological polar surface area (TPSA) is 34.1 Å². The highest BCUT2D eigenvalue weighted by molar-refractivity contribution is 6.09. The summed E-state index contributed by atoms with van der Waals surface area (Å²) in [6.45, 7) is 1.98. The van der Waals surface area contributed by atoms with E-state index in [0.29, 0.717) is 6.42 Å². The molecule has 0 spiro atoms. The molecule has 0 saturated carbocycles. The Morgan fingerprint density at radius 3 is 2.59 bits per heavy atom. The summed E-state index contributed by atoms with van der Waals surface area (Å²) in [5.41, 5.74) is 2.81. The Balaban J connectivity index is 2.24. The molecule has 86 valence electrons. The first kappa shape index (κ1) is 10.5. The number of carbonyl (C=O) groups is 2. The van der Waals surface area contributed by atoms with E-state index in [9.17, 15) is 9.59 Å². The van der Waals surface area contributed by atoms with E-state index in [1.54, 1.807) is 6.08 Å². The zero-order valence-corrected chi connectivity index (χ0v) is 9.77. The average molecular weight is 226 g/mol. The van der Waals surface area contributed by atoms with Crippen LogP contribution in [-0.2, 0) is 4.79 Å². The zero-order valence-electron chi connectivity index (χ0n) is 9.77. The molecule has 2 unspecified atom stereocenters. The van der Waals surface area contributed by atoms with Crippen LogP contribution < -0.4 is 0 Å². The van der Waals surface area contributed by atoms with Crippen LogP contribution in [0.5, 0.6) is 0 Å². The molecule has 17 heavy (non-hydrogen) atoms. The van der Waals surface area contributed by atoms with Gasteiger partial charge in [-0.15, -0.1) is 0 Å². The first-order valence-corrected chi connectivity index (χ1v) is 6.06. The fraction of sp³-hybridized carbons (Fsp3) is 0.333. The van der Waals surface area contributed by atoms with Crippen LogP contribution in [-0.4, -0.2) is 11.6 Å². The van der Waals surface area contributed by atoms with E-state index in [0.717, 1.165) is 23.1 Å². The molecule has 1 aromatic carbocycles. The molecule has 2 heteroatoms. The Morgan fingerprint density at radius 2 is 1.82 bits per heavy atom. The van der Waals surface area contributed by atoms with Crippen LogP contribution in [0.2, 0.25) is 0 Å². The molecule has 0 aliphatic heterocycles. The number of allylic oxidation sites excluding steroid dienone is 2. The number of Topliss-reactive ketones (excluding diaryl/α,β-unsaturated/α-hetero) is 1. The SMILES string of the molecule is CC1C(=O)c2ccccc2C2=CC(=O)CCC21. The molecule has 0 fully saturated rings. The maximum Gasteiger partial charge on any atom is 0.166 e. The van der Waals surface area contributed by atoms with Gasteiger partial charge in [0.1, 0.15) is 0 Å². The first-order valence-electron chi connectivity index (χ1n) is 6.06. The molecule has 0 heterocycles. The first-order chi connectivity index (χ1) is 8.18. The van der Waals surface area contributed by atoms with Crippen molar-refractivity contribution >= 4 is 17.1 Å². The van der Waals surface area contributed by atoms with Crippen LogP contribution in [0.25, 0.3) is 5.57 Å². The Bertz CT molecular complexity index is 540. The summed E-state index contributed by atoms with van der Waals surface area (Å²) in [6.07, 6.45) is 3.13. The number of ketones is 2. The minimum Gasteiger partial charge on any atom is -0.295 e. The molecular weight excluding hydrogens is 212 g/mol. The van der Waals surface area contributed by atoms with Crippen molar-refractivity contribution in [3.8, 4) is 0 Å². The lowest BCUT2D eigenvalue weighted by Gasteiger charge is -2.34. The summed E-state index contributed by atoms with van der Waals surface area (Å²) in [4.78, 5) is 23.8. The Labute approximate surface area is 100 Å². The molecule has 0 N–H and O–H groups in total. The van der Waals surface area contributed by atoms with Crippen LogP contribution in [0.4, 0.5) is 0 Å². The fourth-order valence-electron chi connectivity index (χ4n) is 2.98. The number of benzene rings is 1. The van der Waals surface area contributed by atoms with Crippen molar-refractivity contribution in [2.45, 2.75) is 19.8 Å². The van der Waals surface area contributed by atoms with E-state index in [-0.39, 0.29) is 23.4 Å². The van der Waals surface area contributed by atoms with Gasteiger partial charge in [0.15, 0.2) is 11.6 Å². The summed E-state index contributed by atoms with van der Waals surface area (Å²) < 4.78 is 0. The molecule has 0 saturated heterocycles. The number of hydrogen-bond acceptors (Lipinski definition) is 2. The summed E-state index contributed by atoms with van der Waals surface area (Å²) in [7, 11) is 0. The van der Waals surface area contributed by atoms with Crippen molar-refractivity contribution in [2.24, 2.45) is 11.8 Å². The second-order valence-corrected chi connectivity index (χ2v) is 4.91. The summed E-state index contributed by atoms with van der Waals surface area (Å²) in [5.74, 6) is 0.643. The van der Waals surface area contributed by atoms with Gasteiger partial charge in [-0.25, -0.2) is 0 Å². The summed E-state index contributed by atoms with van der Waals surface area (Å²) in [6, 6.07) is 7.63. The van der Waals surface area contributed by atoms with Crippen molar-refractivity contribution in [3.05, 3.63) is 41.5 Å². The highest BCUT2D eigenvalue weighted by atomic mass is 16.1. The highest BCUT2D eigenvalue weighted by Crippen LogP contribution is 2.43. The number of carbonyl (C=O) groups excluding carboxylic acids is 2. The van der Waals surface area contributed by atoms with Crippen LogP contribution in [0.15, 0.2) is 30.3 Å². The second-order valence-electron chi connectivity index (χ2n) is 4.91. The Hall–Kier alpha value is -1.70. The van der Waals surface area contributed by atoms with Crippen molar-refractivity contribution in [1.82, 2.24) is 0 Å². The Morgan fingerprint density at radius 1 is 1.12 bits per heavy atom. The quantitative estimate of drug-likeness (QED) is 0.681. The molecule has 0 aromatic heterocycles. The van der Waals surface area contributed by atoms with Gasteiger partial charge in [0.2, 0.25) is 0 Å². The smallest absolute Gasteiger partial charge is 0.166 e. The van der Waals surface area contributed by atoms with E-state index >= 15 is 0 Å². The lowest BCUT2D eigenvalue weighted by atomic mass is 9.68. The molecule has 2 aliphatic carbocycles. The Kier molecular flexibility index (Phi) is 2.25. The van der Waals surface area contributed by atoms with Crippen LogP contribution in [0.1, 0.15) is 35.7 Å². The van der Waals surface area contributed by atoms with Crippen molar-refractivity contribution < 1.29 is 9.59 Å². The van der Waals surface area contributed by atoms with Gasteiger partial charge in [0, 0.05) is 17.9 Å². The van der Waals surface area contributed by atoms with Gasteiger partial charge in [0.05, 0.1) is 0 Å². The fourth-order valence-corrected chi connectivity index (χ4v) is 2.98. The van der Waals surface area contributed by atoms with Crippen molar-refractivity contribution in [2.75, 3.05) is 0 Å². The van der Waals surface area contributed by atoms with Gasteiger partial charge >= 0.3 is 0 Å². The number of hydrogen-bond donors (Lipinski definition) is 0. The highest BCUT2D eigenvalue weighted by Gasteiger charge is 2.37. The molecule has 0 bridgehead atoms. The zero-order chi connectivity index (χ0) is 12.0. The van der Waals surface area contributed by atoms with Gasteiger partial charge in [-0.1, -0.05) is 31.2 Å². The molecule has 2 aliphatic rings. The van der Waals surface area contributed by atoms with Gasteiger partial charge in [-0.05, 0) is 29.6 Å². The van der Waals surface area contributed by atoms with E-state index in [2.05, 4.69) is 0 Å². The van der Waals surface area contributed by atoms with Crippen LogP contribution in [0.3, 0.4) is 0 Å². The summed E-state index contributed by atoms with van der Waals surface area (Å²) >= 11 is 0. The van der Waals surface area contributed by atoms with E-state index in [1.807, 2.05) is 31.2 Å². The van der Waals surface area contributed by atoms with E-state index in [1.165, 1.54) is 0 Å². The number of fused-ring (bicyclic) bond motifs is 3. The molecule has 1 aromatic rings. The molecule has 3 rings (SSSR count). The standard InChI is InChI=1S/C15H14O2/c1-9-11-7-6-10(16)8-14(11)12-4-2-3-5-13(12)15(9)17/h2-5,8-9,11H,6-7H2,1H3. The number of rotatable bonds is 0.